The van der Waals surface area contributed by atoms with E-state index in [1.807, 2.05) is 11.3 Å². The maximum Gasteiger partial charge on any atom is 0.264 e. The molecule has 102 heavy (non-hydrogen) atoms. The van der Waals surface area contributed by atoms with Crippen LogP contribution in [0.3, 0.4) is 0 Å². The van der Waals surface area contributed by atoms with E-state index in [0.29, 0.717) is 16.8 Å². The third-order valence-electron chi connectivity index (χ3n) is 22.5. The van der Waals surface area contributed by atoms with E-state index in [0.717, 1.165) is 127 Å². The molecule has 12 aromatic carbocycles. The molecule has 0 fully saturated rings. The second kappa shape index (κ2) is 22.4. The Balaban J connectivity index is 1.03. The first-order chi connectivity index (χ1) is 50.4. The van der Waals surface area contributed by atoms with Gasteiger partial charge in [0.25, 0.3) is 6.71 Å². The van der Waals surface area contributed by atoms with Gasteiger partial charge in [-0.3, -0.25) is 0 Å². The van der Waals surface area contributed by atoms with Crippen LogP contribution < -0.4 is 25.5 Å². The van der Waals surface area contributed by atoms with Crippen LogP contribution in [0.15, 0.2) is 272 Å². The highest BCUT2D eigenvalue weighted by atomic mass is 32.1. The zero-order valence-corrected chi connectivity index (χ0v) is 61.0. The van der Waals surface area contributed by atoms with E-state index in [2.05, 4.69) is 352 Å². The summed E-state index contributed by atoms with van der Waals surface area (Å²) < 4.78 is 39.5. The summed E-state index contributed by atoms with van der Waals surface area (Å²) in [5.41, 5.74) is 28.7. The Hall–Kier alpha value is -10.7. The summed E-state index contributed by atoms with van der Waals surface area (Å²) in [5.74, 6) is -0.0107. The molecule has 3 nitrogen and oxygen atoms in total. The van der Waals surface area contributed by atoms with Gasteiger partial charge in [-0.2, -0.15) is 0 Å². The molecule has 0 radical (unpaired) electrons. The smallest absolute Gasteiger partial charge is 0.264 e. The highest BCUT2D eigenvalue weighted by Gasteiger charge is 2.49. The van der Waals surface area contributed by atoms with Crippen molar-refractivity contribution < 1.29 is 4.11 Å². The number of anilines is 6. The van der Waals surface area contributed by atoms with Crippen LogP contribution in [0.25, 0.3) is 105 Å². The summed E-state index contributed by atoms with van der Waals surface area (Å²) in [6, 6.07) is 85.7. The standard InChI is InChI=1S/C97H82BN3S/c1-94(2,3)65-44-47-71-83(56-65)102-93-92(71)101(90-76(60-33-21-15-22-34-60)52-67(96(7,8)9)53-77(90)61-35-23-16-24-36-61)82-55-68(97(10,11)12)54-81-88(82)98(93)78-48-45-69(57-80(78)100(81)89-74(58-29-17-13-18-30-58)50-66(95(4,5)6)51-75(89)59-31-19-14-20-32-59)99-79-42-26-25-40-70(79)86-72-41-28-39-64-49-63-38-27-37-62-43-46-73(91(86)99)87(84(62)63)85(64)72/h13-57,85H,1-12H3/i45D,48D,57D. The Bertz CT molecular complexity index is 6040. The van der Waals surface area contributed by atoms with Crippen LogP contribution in [0.2, 0.25) is 0 Å². The van der Waals surface area contributed by atoms with Crippen molar-refractivity contribution >= 4 is 111 Å². The highest BCUT2D eigenvalue weighted by molar-refractivity contribution is 7.33. The number of thiophene rings is 1. The predicted octanol–water partition coefficient (Wildman–Crippen LogP) is 25.1. The van der Waals surface area contributed by atoms with E-state index in [4.69, 9.17) is 0 Å². The van der Waals surface area contributed by atoms with E-state index in [1.54, 1.807) is 0 Å². The third kappa shape index (κ3) is 9.46. The number of fused-ring (bicyclic) bond motifs is 11. The van der Waals surface area contributed by atoms with Gasteiger partial charge < -0.3 is 14.4 Å². The van der Waals surface area contributed by atoms with Crippen LogP contribution in [-0.2, 0) is 21.7 Å². The molecule has 5 heteroatoms. The minimum absolute atomic E-state index is 0.0107. The molecule has 494 valence electrons. The summed E-state index contributed by atoms with van der Waals surface area (Å²) in [4.78, 5) is 5.11. The van der Waals surface area contributed by atoms with Gasteiger partial charge in [0.05, 0.1) is 32.4 Å². The van der Waals surface area contributed by atoms with Crippen molar-refractivity contribution in [2.45, 2.75) is 111 Å². The molecule has 2 aromatic heterocycles. The van der Waals surface area contributed by atoms with Crippen LogP contribution in [-0.4, -0.2) is 11.3 Å². The normalized spacial score (nSPS) is 15.4. The van der Waals surface area contributed by atoms with Gasteiger partial charge in [-0.05, 0) is 171 Å². The van der Waals surface area contributed by atoms with Gasteiger partial charge in [-0.1, -0.05) is 295 Å². The van der Waals surface area contributed by atoms with Crippen molar-refractivity contribution in [1.29, 1.82) is 0 Å². The van der Waals surface area contributed by atoms with E-state index in [9.17, 15) is 4.11 Å². The molecule has 4 heterocycles. The fourth-order valence-corrected chi connectivity index (χ4v) is 18.6. The van der Waals surface area contributed by atoms with Crippen molar-refractivity contribution in [3.8, 4) is 61.5 Å². The maximum absolute atomic E-state index is 12.1. The third-order valence-corrected chi connectivity index (χ3v) is 23.7. The van der Waals surface area contributed by atoms with Gasteiger partial charge in [0.2, 0.25) is 0 Å². The molecule has 1 atom stereocenters. The second-order valence-corrected chi connectivity index (χ2v) is 34.0. The molecule has 5 aliphatic rings. The number of aromatic nitrogens is 1. The zero-order chi connectivity index (χ0) is 72.2. The highest BCUT2D eigenvalue weighted by Crippen LogP contribution is 2.61. The van der Waals surface area contributed by atoms with Crippen molar-refractivity contribution in [1.82, 2.24) is 4.57 Å². The van der Waals surface area contributed by atoms with Gasteiger partial charge in [0.1, 0.15) is 0 Å². The molecule has 0 amide bonds. The van der Waals surface area contributed by atoms with Gasteiger partial charge >= 0.3 is 0 Å². The second-order valence-electron chi connectivity index (χ2n) is 33.0. The van der Waals surface area contributed by atoms with Crippen LogP contribution >= 0.6 is 11.3 Å². The first kappa shape index (κ1) is 59.0. The van der Waals surface area contributed by atoms with Gasteiger partial charge in [-0.15, -0.1) is 11.3 Å². The van der Waals surface area contributed by atoms with Gasteiger partial charge in [0, 0.05) is 82.3 Å². The minimum Gasteiger partial charge on any atom is -0.310 e. The quantitative estimate of drug-likeness (QED) is 0.147. The number of allylic oxidation sites excluding steroid dienone is 5. The molecule has 0 saturated carbocycles. The predicted molar refractivity (Wildman–Crippen MR) is 440 cm³/mol. The van der Waals surface area contributed by atoms with Crippen molar-refractivity contribution in [2.75, 3.05) is 9.80 Å². The molecule has 2 aliphatic heterocycles. The fraction of sp³-hybridized carbons (Fsp3) is 0.175. The molecule has 3 aliphatic carbocycles. The molecular formula is C97H82BN3S. The van der Waals surface area contributed by atoms with E-state index < -0.39 is 12.1 Å². The Morgan fingerprint density at radius 2 is 0.980 bits per heavy atom. The molecule has 14 aromatic rings. The zero-order valence-electron chi connectivity index (χ0n) is 63.2. The summed E-state index contributed by atoms with van der Waals surface area (Å²) in [6.07, 6.45) is 9.18. The number of nitrogens with zero attached hydrogens (tertiary/aromatic N) is 3. The summed E-state index contributed by atoms with van der Waals surface area (Å²) >= 11 is 1.82. The molecule has 0 saturated heterocycles. The summed E-state index contributed by atoms with van der Waals surface area (Å²) in [7, 11) is 0. The van der Waals surface area contributed by atoms with Crippen molar-refractivity contribution in [3.63, 3.8) is 0 Å². The first-order valence-electron chi connectivity index (χ1n) is 37.8. The van der Waals surface area contributed by atoms with Gasteiger partial charge in [0.15, 0.2) is 0 Å². The molecule has 19 rings (SSSR count). The first-order valence-corrected chi connectivity index (χ1v) is 37.1. The van der Waals surface area contributed by atoms with Crippen molar-refractivity contribution in [2.24, 2.45) is 0 Å². The number of rotatable bonds is 7. The average Bonchev–Trinajstić information content (AvgIpc) is 1.26. The summed E-state index contributed by atoms with van der Waals surface area (Å²) in [5, 5.41) is 4.59. The van der Waals surface area contributed by atoms with E-state index in [-0.39, 0.29) is 40.3 Å². The fourth-order valence-electron chi connectivity index (χ4n) is 17.3. The molecule has 1 unspecified atom stereocenters. The molecular weight excluding hydrogens is 1250 g/mol. The molecule has 0 spiro atoms. The SMILES string of the molecule is [2H]c1c([2H])c(-n2c3c(c4ccccc42)C2=CC=CC4=Cc5cccc6ccc-3c(c56)C42)c([2H])c2c1B1c3sc4cc(C(C)(C)C)ccc4c3N(c3c(-c4ccccc4)cc(C(C)(C)C)cc3-c3ccccc3)c3cc(C(C)(C)C)cc(c31)N2c1c(-c2ccccc2)cc(C(C)(C)C)cc1-c1ccccc1. The number of benzene rings is 12. The maximum atomic E-state index is 12.1. The Morgan fingerprint density at radius 1 is 0.451 bits per heavy atom. The number of hydrogen-bond acceptors (Lipinski definition) is 3. The topological polar surface area (TPSA) is 11.4 Å². The Morgan fingerprint density at radius 3 is 1.55 bits per heavy atom. The largest absolute Gasteiger partial charge is 0.310 e. The van der Waals surface area contributed by atoms with Crippen molar-refractivity contribution in [3.05, 3.63) is 311 Å². The Kier molecular flexibility index (Phi) is 13.0. The number of para-hydroxylation sites is 1. The lowest BCUT2D eigenvalue weighted by atomic mass is 9.36. The molecule has 0 N–H and O–H groups in total. The Labute approximate surface area is 609 Å². The van der Waals surface area contributed by atoms with E-state index in [1.165, 1.54) is 49.7 Å². The van der Waals surface area contributed by atoms with Crippen LogP contribution in [0.4, 0.5) is 34.1 Å². The summed E-state index contributed by atoms with van der Waals surface area (Å²) in [6.45, 7) is 27.2. The average molecular weight is 1340 g/mol. The minimum atomic E-state index is -0.626. The van der Waals surface area contributed by atoms with Gasteiger partial charge in [-0.25, -0.2) is 0 Å². The van der Waals surface area contributed by atoms with Crippen LogP contribution in [0, 0.1) is 0 Å². The number of hydrogen-bond donors (Lipinski definition) is 0. The van der Waals surface area contributed by atoms with Crippen LogP contribution in [0.5, 0.6) is 0 Å². The monoisotopic (exact) mass is 1330 g/mol. The lowest BCUT2D eigenvalue weighted by molar-refractivity contribution is 0.590. The lowest BCUT2D eigenvalue weighted by Gasteiger charge is -2.46. The van der Waals surface area contributed by atoms with E-state index >= 15 is 0 Å². The van der Waals surface area contributed by atoms with Crippen LogP contribution in [0.1, 0.15) is 132 Å². The molecule has 0 bridgehead atoms. The lowest BCUT2D eigenvalue weighted by Crippen LogP contribution is -2.60.